The number of carbonyl (C=O) groups is 1. The Balaban J connectivity index is 0.00000289. The minimum atomic E-state index is -1.43. The fourth-order valence-electron chi connectivity index (χ4n) is 4.14. The monoisotopic (exact) mass is 462 g/mol. The van der Waals surface area contributed by atoms with Crippen LogP contribution in [0, 0.1) is 5.82 Å². The second kappa shape index (κ2) is 10.5. The number of likely N-dealkylation sites (tertiary alicyclic amines) is 1. The molecule has 2 aliphatic rings. The zero-order chi connectivity index (χ0) is 21.8. The molecule has 1 N–H and O–H groups in total. The van der Waals surface area contributed by atoms with Crippen molar-refractivity contribution in [1.29, 1.82) is 0 Å². The number of rotatable bonds is 7. The summed E-state index contributed by atoms with van der Waals surface area (Å²) < 4.78 is 24.2. The number of aliphatic hydroxyl groups is 1. The zero-order valence-electron chi connectivity index (χ0n) is 18.0. The van der Waals surface area contributed by atoms with Crippen molar-refractivity contribution in [2.24, 2.45) is 0 Å². The van der Waals surface area contributed by atoms with Crippen LogP contribution in [0.15, 0.2) is 58.7 Å². The molecule has 6 nitrogen and oxygen atoms in total. The quantitative estimate of drug-likeness (QED) is 0.488. The zero-order valence-corrected chi connectivity index (χ0v) is 18.8. The SMILES string of the molecule is CC(=O)C1=CC=CC(O)(OC/C=C/CN2CCC(c3noc4cc(F)ccc34)CC2)C1.Cl. The molecule has 1 aromatic carbocycles. The molecule has 1 aromatic heterocycles. The van der Waals surface area contributed by atoms with Gasteiger partial charge in [-0.2, -0.15) is 0 Å². The Kier molecular flexibility index (Phi) is 8.00. The first-order chi connectivity index (χ1) is 14.9. The van der Waals surface area contributed by atoms with Crippen LogP contribution in [0.2, 0.25) is 0 Å². The molecule has 1 saturated heterocycles. The van der Waals surface area contributed by atoms with Gasteiger partial charge in [0.15, 0.2) is 17.2 Å². The first-order valence-corrected chi connectivity index (χ1v) is 10.6. The number of fused-ring (bicyclic) bond motifs is 1. The van der Waals surface area contributed by atoms with E-state index in [1.807, 2.05) is 12.2 Å². The number of aromatic nitrogens is 1. The smallest absolute Gasteiger partial charge is 0.190 e. The number of ether oxygens (including phenoxy) is 1. The molecule has 2 heterocycles. The van der Waals surface area contributed by atoms with Crippen LogP contribution in [-0.4, -0.2) is 53.0 Å². The van der Waals surface area contributed by atoms with Gasteiger partial charge in [-0.1, -0.05) is 29.5 Å². The summed E-state index contributed by atoms with van der Waals surface area (Å²) in [7, 11) is 0. The maximum Gasteiger partial charge on any atom is 0.190 e. The lowest BCUT2D eigenvalue weighted by atomic mass is 9.91. The summed E-state index contributed by atoms with van der Waals surface area (Å²) >= 11 is 0. The average Bonchev–Trinajstić information content (AvgIpc) is 3.17. The van der Waals surface area contributed by atoms with Crippen molar-refractivity contribution < 1.29 is 23.6 Å². The molecule has 32 heavy (non-hydrogen) atoms. The van der Waals surface area contributed by atoms with Crippen LogP contribution >= 0.6 is 12.4 Å². The number of hydrogen-bond donors (Lipinski definition) is 1. The van der Waals surface area contributed by atoms with Crippen molar-refractivity contribution in [3.63, 3.8) is 0 Å². The van der Waals surface area contributed by atoms with Crippen LogP contribution < -0.4 is 0 Å². The number of allylic oxidation sites excluding steroid dienone is 2. The maximum absolute atomic E-state index is 13.3. The highest BCUT2D eigenvalue weighted by Gasteiger charge is 2.29. The molecule has 0 spiro atoms. The molecule has 0 bridgehead atoms. The molecule has 1 aliphatic carbocycles. The Morgan fingerprint density at radius 2 is 2.16 bits per heavy atom. The van der Waals surface area contributed by atoms with Crippen molar-refractivity contribution in [3.8, 4) is 0 Å². The minimum Gasteiger partial charge on any atom is -0.362 e. The van der Waals surface area contributed by atoms with Gasteiger partial charge in [-0.05, 0) is 51.1 Å². The van der Waals surface area contributed by atoms with Gasteiger partial charge in [0.05, 0.1) is 12.3 Å². The molecule has 4 rings (SSSR count). The Labute approximate surface area is 192 Å². The molecule has 172 valence electrons. The van der Waals surface area contributed by atoms with Crippen molar-refractivity contribution in [3.05, 3.63) is 65.7 Å². The number of ketones is 1. The van der Waals surface area contributed by atoms with E-state index in [1.165, 1.54) is 19.1 Å². The Morgan fingerprint density at radius 3 is 2.91 bits per heavy atom. The lowest BCUT2D eigenvalue weighted by Crippen LogP contribution is -2.34. The minimum absolute atomic E-state index is 0. The van der Waals surface area contributed by atoms with Gasteiger partial charge in [-0.25, -0.2) is 4.39 Å². The van der Waals surface area contributed by atoms with Gasteiger partial charge in [-0.15, -0.1) is 12.4 Å². The molecular formula is C24H28ClFN2O4. The molecule has 1 atom stereocenters. The Hall–Kier alpha value is -2.32. The summed E-state index contributed by atoms with van der Waals surface area (Å²) in [4.78, 5) is 13.8. The first-order valence-electron chi connectivity index (χ1n) is 10.6. The summed E-state index contributed by atoms with van der Waals surface area (Å²) in [6.45, 7) is 4.42. The van der Waals surface area contributed by atoms with Crippen molar-refractivity contribution >= 4 is 29.2 Å². The molecule has 2 aromatic rings. The van der Waals surface area contributed by atoms with Crippen LogP contribution in [0.4, 0.5) is 4.39 Å². The summed E-state index contributed by atoms with van der Waals surface area (Å²) in [5, 5.41) is 15.6. The maximum atomic E-state index is 13.3. The third kappa shape index (κ3) is 5.72. The second-order valence-electron chi connectivity index (χ2n) is 8.19. The highest BCUT2D eigenvalue weighted by molar-refractivity contribution is 5.94. The van der Waals surface area contributed by atoms with E-state index in [1.54, 1.807) is 24.3 Å². The van der Waals surface area contributed by atoms with Crippen LogP contribution in [0.5, 0.6) is 0 Å². The van der Waals surface area contributed by atoms with Crippen LogP contribution in [0.1, 0.15) is 37.8 Å². The van der Waals surface area contributed by atoms with Gasteiger partial charge >= 0.3 is 0 Å². The lowest BCUT2D eigenvalue weighted by Gasteiger charge is -2.30. The van der Waals surface area contributed by atoms with Gasteiger partial charge in [0, 0.05) is 35.9 Å². The van der Waals surface area contributed by atoms with E-state index in [-0.39, 0.29) is 37.0 Å². The summed E-state index contributed by atoms with van der Waals surface area (Å²) in [6.07, 6.45) is 11.0. The third-order valence-corrected chi connectivity index (χ3v) is 5.95. The number of Topliss-reactive ketones (excluding diaryl/α,β-unsaturated/α-hetero) is 1. The number of nitrogens with zero attached hydrogens (tertiary/aromatic N) is 2. The largest absolute Gasteiger partial charge is 0.362 e. The first kappa shape index (κ1) is 24.3. The Morgan fingerprint density at radius 1 is 1.38 bits per heavy atom. The van der Waals surface area contributed by atoms with Gasteiger partial charge in [0.1, 0.15) is 5.82 Å². The summed E-state index contributed by atoms with van der Waals surface area (Å²) in [5.74, 6) is -1.49. The fraction of sp³-hybridized carbons (Fsp3) is 0.417. The number of benzene rings is 1. The highest BCUT2D eigenvalue weighted by atomic mass is 35.5. The molecule has 8 heteroatoms. The standard InChI is InChI=1S/C24H27FN2O4.ClH/c1-17(28)19-5-4-10-24(29,16-19)30-14-3-2-11-27-12-8-18(9-13-27)23-21-7-6-20(25)15-22(21)31-26-23;/h2-7,10,15,18,29H,8-9,11-14,16H2,1H3;1H/b3-2+;. The number of halogens is 2. The fourth-order valence-corrected chi connectivity index (χ4v) is 4.14. The van der Waals surface area contributed by atoms with E-state index in [9.17, 15) is 14.3 Å². The molecule has 0 radical (unpaired) electrons. The van der Waals surface area contributed by atoms with Gasteiger partial charge in [0.2, 0.25) is 0 Å². The van der Waals surface area contributed by atoms with Crippen LogP contribution in [0.3, 0.4) is 0 Å². The summed E-state index contributed by atoms with van der Waals surface area (Å²) in [6, 6.07) is 4.57. The molecule has 0 amide bonds. The summed E-state index contributed by atoms with van der Waals surface area (Å²) in [5.41, 5.74) is 1.98. The number of carbonyl (C=O) groups excluding carboxylic acids is 1. The number of hydrogen-bond acceptors (Lipinski definition) is 6. The van der Waals surface area contributed by atoms with E-state index >= 15 is 0 Å². The van der Waals surface area contributed by atoms with Crippen molar-refractivity contribution in [2.45, 2.75) is 37.9 Å². The topological polar surface area (TPSA) is 75.8 Å². The molecular weight excluding hydrogens is 435 g/mol. The molecule has 0 saturated carbocycles. The molecule has 1 aliphatic heterocycles. The van der Waals surface area contributed by atoms with E-state index < -0.39 is 5.79 Å². The van der Waals surface area contributed by atoms with Gasteiger partial charge in [0.25, 0.3) is 0 Å². The van der Waals surface area contributed by atoms with Gasteiger partial charge < -0.3 is 14.4 Å². The normalized spacial score (nSPS) is 22.3. The highest BCUT2D eigenvalue weighted by Crippen LogP contribution is 2.32. The Bertz CT molecular complexity index is 1040. The molecule has 1 fully saturated rings. The second-order valence-corrected chi connectivity index (χ2v) is 8.19. The van der Waals surface area contributed by atoms with E-state index in [0.29, 0.717) is 17.1 Å². The predicted octanol–water partition coefficient (Wildman–Crippen LogP) is 4.30. The van der Waals surface area contributed by atoms with Gasteiger partial charge in [-0.3, -0.25) is 9.69 Å². The lowest BCUT2D eigenvalue weighted by molar-refractivity contribution is -0.159. The number of piperidine rings is 1. The van der Waals surface area contributed by atoms with Crippen molar-refractivity contribution in [1.82, 2.24) is 10.1 Å². The third-order valence-electron chi connectivity index (χ3n) is 5.95. The molecule has 1 unspecified atom stereocenters. The van der Waals surface area contributed by atoms with E-state index in [0.717, 1.165) is 43.6 Å². The van der Waals surface area contributed by atoms with Crippen LogP contribution in [-0.2, 0) is 9.53 Å². The van der Waals surface area contributed by atoms with E-state index in [2.05, 4.69) is 10.1 Å². The van der Waals surface area contributed by atoms with E-state index in [4.69, 9.17) is 9.26 Å². The van der Waals surface area contributed by atoms with Crippen molar-refractivity contribution in [2.75, 3.05) is 26.2 Å². The van der Waals surface area contributed by atoms with Crippen LogP contribution in [0.25, 0.3) is 11.0 Å². The average molecular weight is 463 g/mol. The predicted molar refractivity (Wildman–Crippen MR) is 122 cm³/mol.